The second-order valence-electron chi connectivity index (χ2n) is 7.82. The number of carbonyl (C=O) groups excluding carboxylic acids is 1. The number of nitrogens with one attached hydrogen (secondary N) is 2. The molecule has 4 aromatic rings. The van der Waals surface area contributed by atoms with Gasteiger partial charge in [0.1, 0.15) is 17.5 Å². The number of aliphatic carboxylic acids is 1. The Hall–Kier alpha value is -3.75. The summed E-state index contributed by atoms with van der Waals surface area (Å²) in [6.07, 6.45) is 0.0567. The zero-order valence-electron chi connectivity index (χ0n) is 18.8. The topological polar surface area (TPSA) is 117 Å². The molecule has 4 rings (SSSR count). The van der Waals surface area contributed by atoms with Crippen molar-refractivity contribution in [1.82, 2.24) is 15.5 Å². The number of nitrogens with zero attached hydrogens (tertiary/aromatic N) is 1. The average molecular weight is 514 g/mol. The smallest absolute Gasteiger partial charge is 0.326 e. The van der Waals surface area contributed by atoms with Crippen LogP contribution in [0.2, 0.25) is 10.0 Å². The lowest BCUT2D eigenvalue weighted by molar-refractivity contribution is -0.139. The zero-order chi connectivity index (χ0) is 25.1. The Kier molecular flexibility index (Phi) is 7.14. The summed E-state index contributed by atoms with van der Waals surface area (Å²) in [6.45, 7) is 1.80. The van der Waals surface area contributed by atoms with Crippen molar-refractivity contribution < 1.29 is 23.8 Å². The van der Waals surface area contributed by atoms with Crippen molar-refractivity contribution in [2.75, 3.05) is 7.11 Å². The van der Waals surface area contributed by atoms with Crippen LogP contribution in [0.25, 0.3) is 22.6 Å². The molecule has 3 N–H and O–H groups in total. The van der Waals surface area contributed by atoms with Gasteiger partial charge in [0.2, 0.25) is 0 Å². The molecule has 0 fully saturated rings. The van der Waals surface area contributed by atoms with E-state index in [9.17, 15) is 14.7 Å². The number of aromatic amines is 1. The number of rotatable bonds is 8. The Morgan fingerprint density at radius 3 is 2.49 bits per heavy atom. The minimum absolute atomic E-state index is 0.0524. The molecule has 0 aliphatic carbocycles. The second kappa shape index (κ2) is 10.2. The quantitative estimate of drug-likeness (QED) is 0.291. The van der Waals surface area contributed by atoms with Crippen LogP contribution in [0.15, 0.2) is 59.0 Å². The van der Waals surface area contributed by atoms with E-state index in [4.69, 9.17) is 32.4 Å². The number of ether oxygens (including phenoxy) is 1. The van der Waals surface area contributed by atoms with Crippen molar-refractivity contribution in [1.29, 1.82) is 0 Å². The van der Waals surface area contributed by atoms with Gasteiger partial charge >= 0.3 is 5.97 Å². The lowest BCUT2D eigenvalue weighted by Gasteiger charge is -2.15. The lowest BCUT2D eigenvalue weighted by Crippen LogP contribution is -2.42. The van der Waals surface area contributed by atoms with Crippen LogP contribution in [-0.2, 0) is 11.2 Å². The minimum Gasteiger partial charge on any atom is -0.494 e. The number of hydrogen-bond acceptors (Lipinski definition) is 5. The minimum atomic E-state index is -1.17. The van der Waals surface area contributed by atoms with Crippen molar-refractivity contribution in [2.24, 2.45) is 0 Å². The van der Waals surface area contributed by atoms with Gasteiger partial charge in [-0.3, -0.25) is 9.89 Å². The number of carboxylic acid groups (broad SMARTS) is 1. The normalized spacial score (nSPS) is 11.8. The molecule has 0 saturated carbocycles. The fraction of sp³-hybridized carbons (Fsp3) is 0.160. The van der Waals surface area contributed by atoms with Gasteiger partial charge in [-0.25, -0.2) is 4.79 Å². The molecule has 2 heterocycles. The summed E-state index contributed by atoms with van der Waals surface area (Å²) in [5, 5.41) is 19.7. The van der Waals surface area contributed by atoms with E-state index in [0.29, 0.717) is 38.6 Å². The van der Waals surface area contributed by atoms with Crippen LogP contribution in [0, 0.1) is 6.92 Å². The van der Waals surface area contributed by atoms with Crippen LogP contribution < -0.4 is 10.1 Å². The highest BCUT2D eigenvalue weighted by Crippen LogP contribution is 2.37. The maximum absolute atomic E-state index is 12.7. The van der Waals surface area contributed by atoms with E-state index in [-0.39, 0.29) is 12.1 Å². The highest BCUT2D eigenvalue weighted by Gasteiger charge is 2.23. The third-order valence-electron chi connectivity index (χ3n) is 5.32. The van der Waals surface area contributed by atoms with Crippen LogP contribution in [-0.4, -0.2) is 40.3 Å². The van der Waals surface area contributed by atoms with E-state index in [1.54, 1.807) is 43.3 Å². The third kappa shape index (κ3) is 5.50. The summed E-state index contributed by atoms with van der Waals surface area (Å²) in [5.41, 5.74) is 2.80. The molecule has 0 spiro atoms. The number of halogens is 2. The Balaban J connectivity index is 1.51. The molecule has 0 aliphatic rings. The molecule has 0 radical (unpaired) electrons. The summed E-state index contributed by atoms with van der Waals surface area (Å²) in [6, 6.07) is 14.6. The van der Waals surface area contributed by atoms with E-state index < -0.39 is 17.9 Å². The lowest BCUT2D eigenvalue weighted by atomic mass is 9.99. The Morgan fingerprint density at radius 1 is 1.11 bits per heavy atom. The molecule has 180 valence electrons. The van der Waals surface area contributed by atoms with E-state index >= 15 is 0 Å². The Morgan fingerprint density at radius 2 is 1.86 bits per heavy atom. The van der Waals surface area contributed by atoms with Crippen molar-refractivity contribution >= 4 is 35.1 Å². The predicted molar refractivity (Wildman–Crippen MR) is 132 cm³/mol. The average Bonchev–Trinajstić information content (AvgIpc) is 3.48. The van der Waals surface area contributed by atoms with Gasteiger partial charge in [-0.05, 0) is 47.9 Å². The number of benzene rings is 2. The number of aryl methyl sites for hydroxylation is 1. The molecule has 2 aromatic carbocycles. The first-order valence-electron chi connectivity index (χ1n) is 10.5. The molecule has 1 amide bonds. The fourth-order valence-corrected chi connectivity index (χ4v) is 4.25. The maximum Gasteiger partial charge on any atom is 0.326 e. The van der Waals surface area contributed by atoms with Crippen LogP contribution in [0.3, 0.4) is 0 Å². The first kappa shape index (κ1) is 24.4. The number of carbonyl (C=O) groups is 2. The van der Waals surface area contributed by atoms with Gasteiger partial charge in [-0.2, -0.15) is 5.10 Å². The van der Waals surface area contributed by atoms with Gasteiger partial charge in [0.25, 0.3) is 5.91 Å². The highest BCUT2D eigenvalue weighted by atomic mass is 35.5. The Bertz CT molecular complexity index is 1370. The van der Waals surface area contributed by atoms with Gasteiger partial charge in [0.05, 0.1) is 17.2 Å². The molecule has 0 unspecified atom stereocenters. The molecule has 35 heavy (non-hydrogen) atoms. The molecular weight excluding hydrogens is 493 g/mol. The largest absolute Gasteiger partial charge is 0.494 e. The Labute approximate surface area is 210 Å². The molecule has 8 nitrogen and oxygen atoms in total. The number of carboxylic acids is 1. The standard InChI is InChI=1S/C25H21Cl2N3O5/c1-13-6-7-22(35-13)19-12-20(30-29-19)24(31)28-21(25(32)33)9-14-4-3-5-15(8-14)16-10-17(26)23(34-2)18(27)11-16/h3-8,10-12,21H,9H2,1-2H3,(H,28,31)(H,29,30)(H,32,33)/t21-/m1/s1. The number of methoxy groups -OCH3 is 1. The number of aromatic nitrogens is 2. The molecule has 1 atom stereocenters. The zero-order valence-corrected chi connectivity index (χ0v) is 20.3. The van der Waals surface area contributed by atoms with Crippen molar-refractivity contribution in [3.05, 3.63) is 81.7 Å². The maximum atomic E-state index is 12.7. The summed E-state index contributed by atoms with van der Waals surface area (Å²) < 4.78 is 10.7. The number of hydrogen-bond donors (Lipinski definition) is 3. The van der Waals surface area contributed by atoms with Crippen LogP contribution in [0.5, 0.6) is 5.75 Å². The third-order valence-corrected chi connectivity index (χ3v) is 5.88. The van der Waals surface area contributed by atoms with E-state index in [2.05, 4.69) is 15.5 Å². The van der Waals surface area contributed by atoms with Crippen molar-refractivity contribution in [2.45, 2.75) is 19.4 Å². The number of H-pyrrole nitrogens is 1. The molecule has 10 heteroatoms. The SMILES string of the molecule is COc1c(Cl)cc(-c2cccc(C[C@@H](NC(=O)c3cc(-c4ccc(C)o4)[nH]n3)C(=O)O)c2)cc1Cl. The number of amides is 1. The molecule has 0 aliphatic heterocycles. The summed E-state index contributed by atoms with van der Waals surface area (Å²) in [5.74, 6) is -0.164. The van der Waals surface area contributed by atoms with E-state index in [1.165, 1.54) is 13.2 Å². The molecule has 0 saturated heterocycles. The molecule has 2 aromatic heterocycles. The van der Waals surface area contributed by atoms with Gasteiger partial charge < -0.3 is 19.6 Å². The van der Waals surface area contributed by atoms with Crippen LogP contribution >= 0.6 is 23.2 Å². The van der Waals surface area contributed by atoms with Crippen LogP contribution in [0.1, 0.15) is 21.8 Å². The molecular formula is C25H21Cl2N3O5. The van der Waals surface area contributed by atoms with E-state index in [0.717, 1.165) is 11.1 Å². The van der Waals surface area contributed by atoms with E-state index in [1.807, 2.05) is 12.1 Å². The summed E-state index contributed by atoms with van der Waals surface area (Å²) in [4.78, 5) is 24.6. The summed E-state index contributed by atoms with van der Waals surface area (Å²) >= 11 is 12.5. The van der Waals surface area contributed by atoms with Gasteiger partial charge in [0.15, 0.2) is 17.2 Å². The van der Waals surface area contributed by atoms with Crippen molar-refractivity contribution in [3.8, 4) is 28.3 Å². The second-order valence-corrected chi connectivity index (χ2v) is 8.63. The van der Waals surface area contributed by atoms with Gasteiger partial charge in [-0.1, -0.05) is 47.5 Å². The number of furan rings is 1. The van der Waals surface area contributed by atoms with Gasteiger partial charge in [-0.15, -0.1) is 0 Å². The monoisotopic (exact) mass is 513 g/mol. The molecule has 0 bridgehead atoms. The summed E-state index contributed by atoms with van der Waals surface area (Å²) in [7, 11) is 1.48. The van der Waals surface area contributed by atoms with Crippen molar-refractivity contribution in [3.63, 3.8) is 0 Å². The van der Waals surface area contributed by atoms with Gasteiger partial charge in [0, 0.05) is 12.5 Å². The highest BCUT2D eigenvalue weighted by molar-refractivity contribution is 6.37. The first-order valence-corrected chi connectivity index (χ1v) is 11.3. The predicted octanol–water partition coefficient (Wildman–Crippen LogP) is 5.39. The fourth-order valence-electron chi connectivity index (χ4n) is 3.61. The van der Waals surface area contributed by atoms with Crippen LogP contribution in [0.4, 0.5) is 0 Å². The first-order chi connectivity index (χ1) is 16.7.